The number of hydrazone groups is 1. The standard InChI is InChI=1S/C9H7Cl2N3O2/c10-6-2-1-5(3-7(6)11)4-13-14-9(16)8(12)15/h1-4H,(H2,12,15)(H,14,16)/b13-4+. The monoisotopic (exact) mass is 259 g/mol. The molecule has 1 aromatic carbocycles. The van der Waals surface area contributed by atoms with Crippen molar-refractivity contribution in [3.05, 3.63) is 33.8 Å². The highest BCUT2D eigenvalue weighted by atomic mass is 35.5. The summed E-state index contributed by atoms with van der Waals surface area (Å²) in [6.07, 6.45) is 1.31. The van der Waals surface area contributed by atoms with Crippen LogP contribution >= 0.6 is 23.2 Å². The second-order valence-electron chi connectivity index (χ2n) is 2.74. The van der Waals surface area contributed by atoms with Crippen LogP contribution in [-0.2, 0) is 9.59 Å². The summed E-state index contributed by atoms with van der Waals surface area (Å²) in [5, 5.41) is 4.29. The van der Waals surface area contributed by atoms with E-state index < -0.39 is 11.8 Å². The number of carbonyl (C=O) groups is 2. The maximum atomic E-state index is 10.7. The first-order chi connectivity index (χ1) is 7.50. The largest absolute Gasteiger partial charge is 0.361 e. The Morgan fingerprint density at radius 3 is 2.56 bits per heavy atom. The summed E-state index contributed by atoms with van der Waals surface area (Å²) in [6, 6.07) is 4.79. The van der Waals surface area contributed by atoms with Gasteiger partial charge in [0, 0.05) is 0 Å². The van der Waals surface area contributed by atoms with Crippen LogP contribution in [0.25, 0.3) is 0 Å². The Kier molecular flexibility index (Phi) is 4.28. The molecule has 0 saturated carbocycles. The van der Waals surface area contributed by atoms with E-state index in [1.807, 2.05) is 5.43 Å². The molecular formula is C9H7Cl2N3O2. The Morgan fingerprint density at radius 2 is 2.00 bits per heavy atom. The minimum Gasteiger partial charge on any atom is -0.361 e. The molecule has 3 N–H and O–H groups in total. The summed E-state index contributed by atoms with van der Waals surface area (Å²) in [6.45, 7) is 0. The lowest BCUT2D eigenvalue weighted by atomic mass is 10.2. The Morgan fingerprint density at radius 1 is 1.31 bits per heavy atom. The third-order valence-electron chi connectivity index (χ3n) is 1.55. The molecule has 0 bridgehead atoms. The lowest BCUT2D eigenvalue weighted by Gasteiger charge is -1.97. The van der Waals surface area contributed by atoms with Gasteiger partial charge in [-0.25, -0.2) is 5.43 Å². The molecule has 0 aliphatic heterocycles. The maximum absolute atomic E-state index is 10.7. The van der Waals surface area contributed by atoms with Crippen molar-refractivity contribution in [2.75, 3.05) is 0 Å². The Bertz CT molecular complexity index is 460. The topological polar surface area (TPSA) is 84.5 Å². The molecule has 0 aliphatic rings. The second kappa shape index (κ2) is 5.48. The molecule has 2 amide bonds. The van der Waals surface area contributed by atoms with Crippen molar-refractivity contribution < 1.29 is 9.59 Å². The summed E-state index contributed by atoms with van der Waals surface area (Å²) in [4.78, 5) is 21.0. The molecular weight excluding hydrogens is 253 g/mol. The molecule has 0 aliphatic carbocycles. The lowest BCUT2D eigenvalue weighted by molar-refractivity contribution is -0.137. The van der Waals surface area contributed by atoms with Gasteiger partial charge >= 0.3 is 11.8 Å². The quantitative estimate of drug-likeness (QED) is 0.471. The number of carbonyl (C=O) groups excluding carboxylic acids is 2. The molecule has 16 heavy (non-hydrogen) atoms. The van der Waals surface area contributed by atoms with Gasteiger partial charge < -0.3 is 5.73 Å². The highest BCUT2D eigenvalue weighted by Crippen LogP contribution is 2.21. The van der Waals surface area contributed by atoms with Gasteiger partial charge in [0.25, 0.3) is 0 Å². The van der Waals surface area contributed by atoms with E-state index in [9.17, 15) is 9.59 Å². The average Bonchev–Trinajstić information content (AvgIpc) is 2.23. The zero-order valence-corrected chi connectivity index (χ0v) is 9.42. The molecule has 1 aromatic rings. The first-order valence-electron chi connectivity index (χ1n) is 4.08. The number of amides is 2. The van der Waals surface area contributed by atoms with E-state index in [-0.39, 0.29) is 0 Å². The number of nitrogens with two attached hydrogens (primary N) is 1. The van der Waals surface area contributed by atoms with Crippen molar-refractivity contribution in [1.29, 1.82) is 0 Å². The van der Waals surface area contributed by atoms with Gasteiger partial charge in [-0.05, 0) is 17.7 Å². The van der Waals surface area contributed by atoms with E-state index in [1.165, 1.54) is 6.21 Å². The lowest BCUT2D eigenvalue weighted by Crippen LogP contribution is -2.32. The molecule has 0 heterocycles. The molecule has 0 radical (unpaired) electrons. The van der Waals surface area contributed by atoms with E-state index in [2.05, 4.69) is 5.10 Å². The number of nitrogens with zero attached hydrogens (tertiary/aromatic N) is 1. The van der Waals surface area contributed by atoms with Crippen LogP contribution in [-0.4, -0.2) is 18.0 Å². The van der Waals surface area contributed by atoms with Crippen LogP contribution in [0.15, 0.2) is 23.3 Å². The Labute approximate surface area is 101 Å². The van der Waals surface area contributed by atoms with E-state index in [0.717, 1.165) is 0 Å². The number of benzene rings is 1. The normalized spacial score (nSPS) is 10.4. The van der Waals surface area contributed by atoms with Crippen molar-refractivity contribution in [3.8, 4) is 0 Å². The molecule has 1 rings (SSSR count). The Balaban J connectivity index is 2.66. The maximum Gasteiger partial charge on any atom is 0.329 e. The molecule has 0 saturated heterocycles. The summed E-state index contributed by atoms with van der Waals surface area (Å²) in [5.74, 6) is -2.09. The van der Waals surface area contributed by atoms with Crippen LogP contribution in [0.3, 0.4) is 0 Å². The molecule has 0 spiro atoms. The number of hydrogen-bond donors (Lipinski definition) is 2. The minimum atomic E-state index is -1.11. The van der Waals surface area contributed by atoms with E-state index in [1.54, 1.807) is 18.2 Å². The number of primary amides is 1. The van der Waals surface area contributed by atoms with Gasteiger partial charge in [0.15, 0.2) is 0 Å². The SMILES string of the molecule is NC(=O)C(=O)N/N=C/c1ccc(Cl)c(Cl)c1. The molecule has 0 fully saturated rings. The molecule has 0 unspecified atom stereocenters. The van der Waals surface area contributed by atoms with Gasteiger partial charge in [0.2, 0.25) is 0 Å². The van der Waals surface area contributed by atoms with Gasteiger partial charge in [-0.2, -0.15) is 5.10 Å². The van der Waals surface area contributed by atoms with Crippen molar-refractivity contribution in [1.82, 2.24) is 5.43 Å². The van der Waals surface area contributed by atoms with Gasteiger partial charge in [-0.15, -0.1) is 0 Å². The fraction of sp³-hybridized carbons (Fsp3) is 0. The van der Waals surface area contributed by atoms with Crippen LogP contribution < -0.4 is 11.2 Å². The molecule has 5 nitrogen and oxygen atoms in total. The second-order valence-corrected chi connectivity index (χ2v) is 3.55. The Hall–Kier alpha value is -1.59. The molecule has 84 valence electrons. The zero-order chi connectivity index (χ0) is 12.1. The van der Waals surface area contributed by atoms with Crippen LogP contribution in [0.4, 0.5) is 0 Å². The first-order valence-corrected chi connectivity index (χ1v) is 4.84. The van der Waals surface area contributed by atoms with Gasteiger partial charge in [-0.3, -0.25) is 9.59 Å². The molecule has 0 aromatic heterocycles. The van der Waals surface area contributed by atoms with Crippen molar-refractivity contribution in [3.63, 3.8) is 0 Å². The van der Waals surface area contributed by atoms with E-state index in [0.29, 0.717) is 15.6 Å². The number of nitrogens with one attached hydrogen (secondary N) is 1. The van der Waals surface area contributed by atoms with Crippen molar-refractivity contribution in [2.45, 2.75) is 0 Å². The fourth-order valence-corrected chi connectivity index (χ4v) is 1.12. The molecule has 0 atom stereocenters. The third-order valence-corrected chi connectivity index (χ3v) is 2.29. The van der Waals surface area contributed by atoms with Crippen LogP contribution in [0.1, 0.15) is 5.56 Å². The van der Waals surface area contributed by atoms with E-state index in [4.69, 9.17) is 28.9 Å². The summed E-state index contributed by atoms with van der Waals surface area (Å²) in [7, 11) is 0. The third kappa shape index (κ3) is 3.52. The van der Waals surface area contributed by atoms with Gasteiger partial charge in [0.05, 0.1) is 16.3 Å². The summed E-state index contributed by atoms with van der Waals surface area (Å²) < 4.78 is 0. The van der Waals surface area contributed by atoms with Gasteiger partial charge in [-0.1, -0.05) is 29.3 Å². The zero-order valence-electron chi connectivity index (χ0n) is 7.91. The highest BCUT2D eigenvalue weighted by molar-refractivity contribution is 6.42. The van der Waals surface area contributed by atoms with E-state index >= 15 is 0 Å². The fourth-order valence-electron chi connectivity index (χ4n) is 0.813. The van der Waals surface area contributed by atoms with Crippen LogP contribution in [0.2, 0.25) is 10.0 Å². The van der Waals surface area contributed by atoms with Crippen LogP contribution in [0, 0.1) is 0 Å². The van der Waals surface area contributed by atoms with Crippen LogP contribution in [0.5, 0.6) is 0 Å². The predicted molar refractivity (Wildman–Crippen MR) is 61.4 cm³/mol. The number of hydrogen-bond acceptors (Lipinski definition) is 3. The first kappa shape index (κ1) is 12.5. The van der Waals surface area contributed by atoms with Crippen molar-refractivity contribution >= 4 is 41.2 Å². The highest BCUT2D eigenvalue weighted by Gasteiger charge is 2.05. The average molecular weight is 260 g/mol. The minimum absolute atomic E-state index is 0.367. The van der Waals surface area contributed by atoms with Crippen molar-refractivity contribution in [2.24, 2.45) is 10.8 Å². The number of halogens is 2. The molecule has 7 heteroatoms. The van der Waals surface area contributed by atoms with Gasteiger partial charge in [0.1, 0.15) is 0 Å². The smallest absolute Gasteiger partial charge is 0.329 e. The summed E-state index contributed by atoms with van der Waals surface area (Å²) >= 11 is 11.5. The number of rotatable bonds is 2. The predicted octanol–water partition coefficient (Wildman–Crippen LogP) is 0.929. The summed E-state index contributed by atoms with van der Waals surface area (Å²) in [5.41, 5.74) is 7.26.